The number of hydrogen-bond donors (Lipinski definition) is 3. The summed E-state index contributed by atoms with van der Waals surface area (Å²) in [5.74, 6) is 0. The smallest absolute Gasteiger partial charge is 0.116 e. The number of hydrogen-bond acceptors (Lipinski definition) is 3. The maximum absolute atomic E-state index is 4.62. The van der Waals surface area contributed by atoms with Gasteiger partial charge < -0.3 is 10.3 Å². The number of fused-ring (bicyclic) bond motifs is 2. The van der Waals surface area contributed by atoms with E-state index >= 15 is 0 Å². The number of benzene rings is 3. The van der Waals surface area contributed by atoms with E-state index in [1.807, 2.05) is 0 Å². The van der Waals surface area contributed by atoms with E-state index < -0.39 is 0 Å². The number of H-pyrrole nitrogens is 2. The molecule has 0 bridgehead atoms. The molecule has 2 aromatic heterocycles. The Labute approximate surface area is 187 Å². The summed E-state index contributed by atoms with van der Waals surface area (Å²) < 4.78 is 0. The summed E-state index contributed by atoms with van der Waals surface area (Å²) in [6.07, 6.45) is 1.16. The molecule has 3 heterocycles. The third-order valence-electron chi connectivity index (χ3n) is 6.49. The van der Waals surface area contributed by atoms with Crippen LogP contribution in [0.15, 0.2) is 72.8 Å². The highest BCUT2D eigenvalue weighted by atomic mass is 15.2. The van der Waals surface area contributed by atoms with Crippen molar-refractivity contribution in [3.8, 4) is 11.4 Å². The van der Waals surface area contributed by atoms with Crippen LogP contribution in [-0.2, 0) is 6.54 Å². The third-order valence-corrected chi connectivity index (χ3v) is 6.49. The Kier molecular flexibility index (Phi) is 4.69. The topological polar surface area (TPSA) is 59.7 Å². The first-order valence-corrected chi connectivity index (χ1v) is 11.3. The van der Waals surface area contributed by atoms with Crippen LogP contribution in [-0.4, -0.2) is 39.2 Å². The van der Waals surface area contributed by atoms with Crippen molar-refractivity contribution >= 4 is 27.5 Å². The summed E-state index contributed by atoms with van der Waals surface area (Å²) in [6, 6.07) is 26.4. The van der Waals surface area contributed by atoms with Crippen LogP contribution in [0, 0.1) is 6.92 Å². The van der Waals surface area contributed by atoms with Crippen molar-refractivity contribution in [3.05, 3.63) is 83.9 Å². The van der Waals surface area contributed by atoms with Gasteiger partial charge in [0.05, 0.1) is 11.2 Å². The molecule has 1 atom stereocenters. The molecule has 5 nitrogen and oxygen atoms in total. The van der Waals surface area contributed by atoms with Crippen molar-refractivity contribution < 1.29 is 0 Å². The Bertz CT molecular complexity index is 1380. The predicted octanol–water partition coefficient (Wildman–Crippen LogP) is 5.71. The molecule has 0 spiro atoms. The van der Waals surface area contributed by atoms with Gasteiger partial charge in [0.2, 0.25) is 0 Å². The molecule has 1 unspecified atom stereocenters. The fourth-order valence-electron chi connectivity index (χ4n) is 4.85. The fourth-order valence-corrected chi connectivity index (χ4v) is 4.85. The number of rotatable bonds is 5. The molecule has 1 aliphatic heterocycles. The van der Waals surface area contributed by atoms with E-state index in [9.17, 15) is 0 Å². The second-order valence-electron chi connectivity index (χ2n) is 8.96. The SMILES string of the molecule is Cc1ccc2cc(-c3n[nH]c4ccc(NC5CCN(Cc6ccccc6)C5)cc34)[nH]c2c1. The molecule has 0 amide bonds. The van der Waals surface area contributed by atoms with Gasteiger partial charge in [0.1, 0.15) is 5.69 Å². The summed E-state index contributed by atoms with van der Waals surface area (Å²) in [4.78, 5) is 6.07. The molecule has 0 aliphatic carbocycles. The van der Waals surface area contributed by atoms with Crippen LogP contribution >= 0.6 is 0 Å². The van der Waals surface area contributed by atoms with Crippen molar-refractivity contribution in [3.63, 3.8) is 0 Å². The van der Waals surface area contributed by atoms with Crippen LogP contribution in [0.5, 0.6) is 0 Å². The lowest BCUT2D eigenvalue weighted by molar-refractivity contribution is 0.328. The summed E-state index contributed by atoms with van der Waals surface area (Å²) in [7, 11) is 0. The van der Waals surface area contributed by atoms with Crippen LogP contribution in [0.2, 0.25) is 0 Å². The van der Waals surface area contributed by atoms with Crippen LogP contribution in [0.3, 0.4) is 0 Å². The van der Waals surface area contributed by atoms with Crippen LogP contribution in [0.1, 0.15) is 17.5 Å². The normalized spacial score (nSPS) is 16.8. The Morgan fingerprint density at radius 3 is 2.81 bits per heavy atom. The third kappa shape index (κ3) is 3.65. The average molecular weight is 422 g/mol. The van der Waals surface area contributed by atoms with Gasteiger partial charge in [-0.2, -0.15) is 5.10 Å². The van der Waals surface area contributed by atoms with E-state index in [-0.39, 0.29) is 0 Å². The molecule has 5 heteroatoms. The van der Waals surface area contributed by atoms with Gasteiger partial charge in [-0.3, -0.25) is 10.00 Å². The number of aromatic amines is 2. The number of anilines is 1. The first kappa shape index (κ1) is 19.1. The lowest BCUT2D eigenvalue weighted by Gasteiger charge is -2.17. The van der Waals surface area contributed by atoms with Crippen molar-refractivity contribution in [2.75, 3.05) is 18.4 Å². The first-order valence-electron chi connectivity index (χ1n) is 11.3. The number of aromatic nitrogens is 3. The van der Waals surface area contributed by atoms with Crippen LogP contribution in [0.25, 0.3) is 33.2 Å². The average Bonchev–Trinajstić information content (AvgIpc) is 3.52. The standard InChI is InChI=1S/C27H27N5/c1-18-7-8-20-14-26(29-25(20)13-18)27-23-15-21(9-10-24(23)30-31-27)28-22-11-12-32(17-22)16-19-5-3-2-4-6-19/h2-10,13-15,22,28-29H,11-12,16-17H2,1H3,(H,30,31). The van der Waals surface area contributed by atoms with E-state index in [1.165, 1.54) is 16.5 Å². The molecule has 0 saturated carbocycles. The van der Waals surface area contributed by atoms with E-state index in [0.717, 1.165) is 59.5 Å². The summed E-state index contributed by atoms with van der Waals surface area (Å²) >= 11 is 0. The van der Waals surface area contributed by atoms with Gasteiger partial charge in [0, 0.05) is 47.7 Å². The quantitative estimate of drug-likeness (QED) is 0.341. The molecule has 0 radical (unpaired) electrons. The van der Waals surface area contributed by atoms with Gasteiger partial charge in [-0.05, 0) is 54.8 Å². The predicted molar refractivity (Wildman–Crippen MR) is 132 cm³/mol. The Balaban J connectivity index is 1.22. The summed E-state index contributed by atoms with van der Waals surface area (Å²) in [6.45, 7) is 5.32. The van der Waals surface area contributed by atoms with Crippen LogP contribution < -0.4 is 5.32 Å². The number of likely N-dealkylation sites (tertiary alicyclic amines) is 1. The number of nitrogens with one attached hydrogen (secondary N) is 3. The van der Waals surface area contributed by atoms with Gasteiger partial charge in [0.25, 0.3) is 0 Å². The second kappa shape index (κ2) is 7.84. The monoisotopic (exact) mass is 421 g/mol. The van der Waals surface area contributed by atoms with Crippen molar-refractivity contribution in [2.45, 2.75) is 25.9 Å². The molecule has 3 aromatic carbocycles. The van der Waals surface area contributed by atoms with Crippen molar-refractivity contribution in [1.29, 1.82) is 0 Å². The summed E-state index contributed by atoms with van der Waals surface area (Å²) in [5.41, 5.74) is 8.00. The number of nitrogens with zero attached hydrogens (tertiary/aromatic N) is 2. The fraction of sp³-hybridized carbons (Fsp3) is 0.222. The molecule has 32 heavy (non-hydrogen) atoms. The summed E-state index contributed by atoms with van der Waals surface area (Å²) in [5, 5.41) is 13.9. The van der Waals surface area contributed by atoms with Gasteiger partial charge in [-0.15, -0.1) is 0 Å². The van der Waals surface area contributed by atoms with Crippen molar-refractivity contribution in [2.24, 2.45) is 0 Å². The van der Waals surface area contributed by atoms with E-state index in [2.05, 4.69) is 105 Å². The van der Waals surface area contributed by atoms with Gasteiger partial charge in [0.15, 0.2) is 0 Å². The lowest BCUT2D eigenvalue weighted by Crippen LogP contribution is -2.25. The maximum Gasteiger partial charge on any atom is 0.116 e. The minimum Gasteiger partial charge on any atom is -0.381 e. The molecular formula is C27H27N5. The Hall–Kier alpha value is -3.57. The molecular weight excluding hydrogens is 394 g/mol. The molecule has 160 valence electrons. The molecule has 1 aliphatic rings. The highest BCUT2D eigenvalue weighted by molar-refractivity contribution is 5.97. The zero-order valence-corrected chi connectivity index (χ0v) is 18.2. The maximum atomic E-state index is 4.62. The van der Waals surface area contributed by atoms with E-state index in [4.69, 9.17) is 0 Å². The van der Waals surface area contributed by atoms with Gasteiger partial charge >= 0.3 is 0 Å². The molecule has 3 N–H and O–H groups in total. The zero-order valence-electron chi connectivity index (χ0n) is 18.2. The zero-order chi connectivity index (χ0) is 21.5. The highest BCUT2D eigenvalue weighted by Crippen LogP contribution is 2.31. The van der Waals surface area contributed by atoms with Crippen molar-refractivity contribution in [1.82, 2.24) is 20.1 Å². The van der Waals surface area contributed by atoms with Gasteiger partial charge in [-0.25, -0.2) is 0 Å². The van der Waals surface area contributed by atoms with Gasteiger partial charge in [-0.1, -0.05) is 42.5 Å². The molecule has 1 fully saturated rings. The Morgan fingerprint density at radius 2 is 1.91 bits per heavy atom. The van der Waals surface area contributed by atoms with E-state index in [0.29, 0.717) is 6.04 Å². The highest BCUT2D eigenvalue weighted by Gasteiger charge is 2.22. The minimum absolute atomic E-state index is 0.461. The van der Waals surface area contributed by atoms with E-state index in [1.54, 1.807) is 0 Å². The lowest BCUT2D eigenvalue weighted by atomic mass is 10.1. The molecule has 1 saturated heterocycles. The first-order chi connectivity index (χ1) is 15.7. The second-order valence-corrected chi connectivity index (χ2v) is 8.96. The largest absolute Gasteiger partial charge is 0.381 e. The van der Waals surface area contributed by atoms with Crippen LogP contribution in [0.4, 0.5) is 5.69 Å². The molecule has 5 aromatic rings. The Morgan fingerprint density at radius 1 is 1.00 bits per heavy atom. The molecule has 6 rings (SSSR count). The number of aryl methyl sites for hydroxylation is 1. The minimum atomic E-state index is 0.461.